The van der Waals surface area contributed by atoms with Crippen molar-refractivity contribution in [3.05, 3.63) is 103 Å². The minimum absolute atomic E-state index is 0.206. The maximum absolute atomic E-state index is 12.8. The summed E-state index contributed by atoms with van der Waals surface area (Å²) in [5, 5.41) is 11.3. The van der Waals surface area contributed by atoms with Crippen LogP contribution in [-0.2, 0) is 17.9 Å². The summed E-state index contributed by atoms with van der Waals surface area (Å²) >= 11 is 0. The van der Waals surface area contributed by atoms with Crippen LogP contribution in [0.4, 0.5) is 11.4 Å². The number of aryl methyl sites for hydroxylation is 2. The smallest absolute Gasteiger partial charge is 0.267 e. The second-order valence-corrected chi connectivity index (χ2v) is 8.26. The molecule has 3 aromatic rings. The number of nitrogens with one attached hydrogen (secondary N) is 4. The van der Waals surface area contributed by atoms with Gasteiger partial charge in [0.1, 0.15) is 17.1 Å². The third kappa shape index (κ3) is 5.84. The molecule has 0 bridgehead atoms. The Balaban J connectivity index is 1.62. The van der Waals surface area contributed by atoms with Crippen molar-refractivity contribution in [1.29, 1.82) is 0 Å². The van der Waals surface area contributed by atoms with E-state index in [0.717, 1.165) is 22.3 Å². The first kappa shape index (κ1) is 25.4. The van der Waals surface area contributed by atoms with Crippen molar-refractivity contribution in [2.75, 3.05) is 17.7 Å². The normalized spacial score (nSPS) is 11.3. The topological polar surface area (TPSA) is 116 Å². The Morgan fingerprint density at radius 3 is 2.11 bits per heavy atom. The molecule has 8 heteroatoms. The average molecular weight is 475 g/mol. The Bertz CT molecular complexity index is 1330. The Labute approximate surface area is 204 Å². The molecule has 8 nitrogen and oxygen atoms in total. The fraction of sp³-hybridized carbons (Fsp3) is 0.259. The number of amides is 2. The van der Waals surface area contributed by atoms with Crippen molar-refractivity contribution < 1.29 is 9.59 Å². The van der Waals surface area contributed by atoms with Crippen LogP contribution < -0.4 is 32.1 Å². The summed E-state index contributed by atoms with van der Waals surface area (Å²) in [6.07, 6.45) is 2.27. The van der Waals surface area contributed by atoms with Gasteiger partial charge in [-0.25, -0.2) is 0 Å². The molecule has 182 valence electrons. The van der Waals surface area contributed by atoms with Gasteiger partial charge in [0.2, 0.25) is 0 Å². The lowest BCUT2D eigenvalue weighted by atomic mass is 10.0. The number of anilines is 2. The van der Waals surface area contributed by atoms with E-state index >= 15 is 0 Å². The number of hydrogen-bond donors (Lipinski definition) is 4. The fourth-order valence-corrected chi connectivity index (χ4v) is 3.88. The second kappa shape index (κ2) is 11.3. The summed E-state index contributed by atoms with van der Waals surface area (Å²) in [4.78, 5) is 48.9. The van der Waals surface area contributed by atoms with E-state index in [0.29, 0.717) is 18.5 Å². The molecule has 0 saturated carbocycles. The van der Waals surface area contributed by atoms with E-state index < -0.39 is 10.9 Å². The van der Waals surface area contributed by atoms with E-state index in [1.165, 1.54) is 0 Å². The van der Waals surface area contributed by atoms with Crippen LogP contribution in [0, 0.1) is 13.8 Å². The van der Waals surface area contributed by atoms with Crippen LogP contribution in [0.25, 0.3) is 0 Å². The van der Waals surface area contributed by atoms with Gasteiger partial charge >= 0.3 is 0 Å². The van der Waals surface area contributed by atoms with Crippen LogP contribution in [-0.4, -0.2) is 18.9 Å². The number of rotatable bonds is 10. The molecule has 3 rings (SSSR count). The summed E-state index contributed by atoms with van der Waals surface area (Å²) in [6.45, 7) is 6.23. The predicted molar refractivity (Wildman–Crippen MR) is 138 cm³/mol. The Kier molecular flexibility index (Phi) is 8.20. The monoisotopic (exact) mass is 474 g/mol. The molecular formula is C27H30N4O4. The third-order valence-electron chi connectivity index (χ3n) is 5.68. The largest absolute Gasteiger partial charge is 0.383 e. The maximum atomic E-state index is 12.8. The number of carbonyl (C=O) groups is 2. The first-order chi connectivity index (χ1) is 16.8. The molecule has 0 aliphatic carbocycles. The van der Waals surface area contributed by atoms with Crippen LogP contribution >= 0.6 is 0 Å². The zero-order valence-electron chi connectivity index (χ0n) is 20.4. The third-order valence-corrected chi connectivity index (χ3v) is 5.68. The minimum Gasteiger partial charge on any atom is -0.383 e. The van der Waals surface area contributed by atoms with Gasteiger partial charge in [-0.2, -0.15) is 0 Å². The first-order valence-electron chi connectivity index (χ1n) is 11.5. The van der Waals surface area contributed by atoms with Gasteiger partial charge in [-0.3, -0.25) is 19.2 Å². The predicted octanol–water partition coefficient (Wildman–Crippen LogP) is 2.89. The van der Waals surface area contributed by atoms with E-state index in [4.69, 9.17) is 0 Å². The Morgan fingerprint density at radius 1 is 0.886 bits per heavy atom. The van der Waals surface area contributed by atoms with Crippen molar-refractivity contribution in [2.45, 2.75) is 40.3 Å². The van der Waals surface area contributed by atoms with Crippen molar-refractivity contribution in [1.82, 2.24) is 10.6 Å². The van der Waals surface area contributed by atoms with Crippen molar-refractivity contribution in [3.8, 4) is 0 Å². The van der Waals surface area contributed by atoms with Gasteiger partial charge in [-0.05, 0) is 42.5 Å². The molecule has 0 heterocycles. The molecular weight excluding hydrogens is 444 g/mol. The summed E-state index contributed by atoms with van der Waals surface area (Å²) in [6, 6.07) is 13.1. The van der Waals surface area contributed by atoms with Crippen molar-refractivity contribution in [2.24, 2.45) is 0 Å². The summed E-state index contributed by atoms with van der Waals surface area (Å²) < 4.78 is 0. The molecule has 0 spiro atoms. The summed E-state index contributed by atoms with van der Waals surface area (Å²) in [5.41, 5.74) is 3.71. The number of allylic oxidation sites excluding steroid dienone is 1. The standard InChI is InChI=1S/C27H30N4O4/c1-5-8-20(31-27(35)21-16(2)9-6-10-17(21)3)26(34)30-15-19-12-7-11-18(13-19)14-29-23-22(28-4)24(32)25(23)33/h6-13,28-29H,5,14-15H2,1-4H3,(H,30,34)(H,31,35)/b20-8+. The van der Waals surface area contributed by atoms with Gasteiger partial charge in [0.15, 0.2) is 0 Å². The summed E-state index contributed by atoms with van der Waals surface area (Å²) in [5.74, 6) is -0.694. The highest BCUT2D eigenvalue weighted by atomic mass is 16.2. The van der Waals surface area contributed by atoms with Gasteiger partial charge in [0, 0.05) is 25.7 Å². The quantitative estimate of drug-likeness (QED) is 0.265. The van der Waals surface area contributed by atoms with E-state index in [9.17, 15) is 19.2 Å². The maximum Gasteiger partial charge on any atom is 0.267 e. The molecule has 0 aromatic heterocycles. The molecule has 4 N–H and O–H groups in total. The lowest BCUT2D eigenvalue weighted by molar-refractivity contribution is -0.118. The fourth-order valence-electron chi connectivity index (χ4n) is 3.88. The Morgan fingerprint density at radius 2 is 1.49 bits per heavy atom. The van der Waals surface area contributed by atoms with Gasteiger partial charge in [-0.15, -0.1) is 0 Å². The molecule has 0 atom stereocenters. The zero-order valence-corrected chi connectivity index (χ0v) is 20.4. The molecule has 0 saturated heterocycles. The van der Waals surface area contributed by atoms with Crippen molar-refractivity contribution >= 4 is 23.2 Å². The Hall–Kier alpha value is -4.20. The number of benzene rings is 2. The molecule has 0 aliphatic heterocycles. The van der Waals surface area contributed by atoms with E-state index in [2.05, 4.69) is 21.3 Å². The highest BCUT2D eigenvalue weighted by Crippen LogP contribution is 2.16. The molecule has 0 unspecified atom stereocenters. The highest BCUT2D eigenvalue weighted by molar-refractivity contribution is 6.04. The van der Waals surface area contributed by atoms with Crippen LogP contribution in [0.5, 0.6) is 0 Å². The van der Waals surface area contributed by atoms with Gasteiger partial charge in [-0.1, -0.05) is 55.5 Å². The molecule has 35 heavy (non-hydrogen) atoms. The number of hydrogen-bond acceptors (Lipinski definition) is 6. The zero-order chi connectivity index (χ0) is 25.5. The first-order valence-corrected chi connectivity index (χ1v) is 11.5. The lowest BCUT2D eigenvalue weighted by Gasteiger charge is -2.14. The van der Waals surface area contributed by atoms with Gasteiger partial charge in [0.05, 0.1) is 0 Å². The molecule has 0 fully saturated rings. The van der Waals surface area contributed by atoms with E-state index in [1.54, 1.807) is 13.1 Å². The molecule has 2 amide bonds. The second-order valence-electron chi connectivity index (χ2n) is 8.26. The van der Waals surface area contributed by atoms with E-state index in [1.807, 2.05) is 63.2 Å². The van der Waals surface area contributed by atoms with Gasteiger partial charge < -0.3 is 21.3 Å². The lowest BCUT2D eigenvalue weighted by Crippen LogP contribution is -2.36. The average Bonchev–Trinajstić information content (AvgIpc) is 2.84. The van der Waals surface area contributed by atoms with Crippen LogP contribution in [0.1, 0.15) is 46.0 Å². The van der Waals surface area contributed by atoms with Crippen LogP contribution in [0.2, 0.25) is 0 Å². The van der Waals surface area contributed by atoms with E-state index in [-0.39, 0.29) is 35.4 Å². The number of carbonyl (C=O) groups excluding carboxylic acids is 2. The molecule has 3 aromatic carbocycles. The minimum atomic E-state index is -0.532. The SMILES string of the molecule is CC/C=C(/NC(=O)c1c(C)cccc1C)C(=O)NCc1cccc(CNc2c(NC)c(=O)c2=O)c1. The van der Waals surface area contributed by atoms with Crippen LogP contribution in [0.15, 0.2) is 63.8 Å². The molecule has 0 radical (unpaired) electrons. The molecule has 0 aliphatic rings. The highest BCUT2D eigenvalue weighted by Gasteiger charge is 2.19. The van der Waals surface area contributed by atoms with Crippen molar-refractivity contribution in [3.63, 3.8) is 0 Å². The van der Waals surface area contributed by atoms with Crippen LogP contribution in [0.3, 0.4) is 0 Å². The summed E-state index contributed by atoms with van der Waals surface area (Å²) in [7, 11) is 1.59. The van der Waals surface area contributed by atoms with Gasteiger partial charge in [0.25, 0.3) is 22.7 Å².